The fraction of sp³-hybridized carbons (Fsp3) is 0.438. The second-order valence-corrected chi connectivity index (χ2v) is 4.84. The Balaban J connectivity index is 1.94. The summed E-state index contributed by atoms with van der Waals surface area (Å²) in [6, 6.07) is 11.8. The number of unbranched alkanes of at least 4 members (excludes halogenated alkanes) is 2. The summed E-state index contributed by atoms with van der Waals surface area (Å²) in [4.78, 5) is 0. The smallest absolute Gasteiger partial charge is 0.185 e. The van der Waals surface area contributed by atoms with Crippen LogP contribution in [0.4, 0.5) is 0 Å². The maximum absolute atomic E-state index is 9.11. The highest BCUT2D eigenvalue weighted by Crippen LogP contribution is 2.11. The first kappa shape index (κ1) is 15.0. The molecule has 5 nitrogen and oxygen atoms in total. The van der Waals surface area contributed by atoms with Gasteiger partial charge in [0.1, 0.15) is 11.8 Å². The van der Waals surface area contributed by atoms with Crippen molar-refractivity contribution < 1.29 is 4.74 Å². The van der Waals surface area contributed by atoms with E-state index in [4.69, 9.17) is 10.00 Å². The third kappa shape index (κ3) is 4.32. The van der Waals surface area contributed by atoms with E-state index < -0.39 is 0 Å². The van der Waals surface area contributed by atoms with Crippen LogP contribution in [0.2, 0.25) is 0 Å². The summed E-state index contributed by atoms with van der Waals surface area (Å²) in [5, 5.41) is 17.1. The van der Waals surface area contributed by atoms with Crippen molar-refractivity contribution in [3.63, 3.8) is 0 Å². The molecular formula is C16H20N4O. The summed E-state index contributed by atoms with van der Waals surface area (Å²) in [6.07, 6.45) is 4.00. The lowest BCUT2D eigenvalue weighted by Crippen LogP contribution is -2.10. The van der Waals surface area contributed by atoms with E-state index in [0.717, 1.165) is 37.3 Å². The Kier molecular flexibility index (Phi) is 5.77. The van der Waals surface area contributed by atoms with Gasteiger partial charge in [0.2, 0.25) is 0 Å². The molecule has 21 heavy (non-hydrogen) atoms. The highest BCUT2D eigenvalue weighted by Gasteiger charge is 2.12. The molecule has 0 N–H and O–H groups in total. The fourth-order valence-electron chi connectivity index (χ4n) is 2.14. The second kappa shape index (κ2) is 8.05. The SMILES string of the molecule is CCCCCn1nnc(C#N)c1CCOc1ccccc1. The van der Waals surface area contributed by atoms with E-state index in [2.05, 4.69) is 23.3 Å². The van der Waals surface area contributed by atoms with Gasteiger partial charge >= 0.3 is 0 Å². The van der Waals surface area contributed by atoms with Crippen LogP contribution in [0.15, 0.2) is 30.3 Å². The molecule has 0 fully saturated rings. The first-order valence-electron chi connectivity index (χ1n) is 7.35. The van der Waals surface area contributed by atoms with Gasteiger partial charge in [-0.2, -0.15) is 5.26 Å². The predicted molar refractivity (Wildman–Crippen MR) is 79.9 cm³/mol. The lowest BCUT2D eigenvalue weighted by Gasteiger charge is -2.08. The number of para-hydroxylation sites is 1. The molecule has 0 amide bonds. The van der Waals surface area contributed by atoms with Crippen molar-refractivity contribution >= 4 is 0 Å². The maximum Gasteiger partial charge on any atom is 0.185 e. The van der Waals surface area contributed by atoms with Crippen molar-refractivity contribution in [2.45, 2.75) is 39.2 Å². The molecule has 110 valence electrons. The van der Waals surface area contributed by atoms with Crippen LogP contribution >= 0.6 is 0 Å². The van der Waals surface area contributed by atoms with Gasteiger partial charge in [0.25, 0.3) is 0 Å². The van der Waals surface area contributed by atoms with Crippen LogP contribution in [0.25, 0.3) is 0 Å². The Labute approximate surface area is 125 Å². The molecule has 0 spiro atoms. The number of aryl methyl sites for hydroxylation is 1. The van der Waals surface area contributed by atoms with Crippen LogP contribution in [0.5, 0.6) is 5.75 Å². The fourth-order valence-corrected chi connectivity index (χ4v) is 2.14. The molecule has 2 aromatic rings. The van der Waals surface area contributed by atoms with Gasteiger partial charge in [-0.05, 0) is 18.6 Å². The Bertz CT molecular complexity index is 586. The predicted octanol–water partition coefficient (Wildman–Crippen LogP) is 2.96. The summed E-state index contributed by atoms with van der Waals surface area (Å²) in [5.41, 5.74) is 1.27. The largest absolute Gasteiger partial charge is 0.493 e. The Hall–Kier alpha value is -2.35. The molecule has 1 heterocycles. The van der Waals surface area contributed by atoms with E-state index in [1.54, 1.807) is 0 Å². The Morgan fingerprint density at radius 3 is 2.76 bits per heavy atom. The average Bonchev–Trinajstić information content (AvgIpc) is 2.91. The summed E-state index contributed by atoms with van der Waals surface area (Å²) in [5.74, 6) is 0.834. The summed E-state index contributed by atoms with van der Waals surface area (Å²) in [6.45, 7) is 3.49. The quantitative estimate of drug-likeness (QED) is 0.699. The minimum Gasteiger partial charge on any atom is -0.493 e. The second-order valence-electron chi connectivity index (χ2n) is 4.84. The Morgan fingerprint density at radius 2 is 2.05 bits per heavy atom. The average molecular weight is 284 g/mol. The molecular weight excluding hydrogens is 264 g/mol. The van der Waals surface area contributed by atoms with E-state index in [-0.39, 0.29) is 0 Å². The molecule has 1 aromatic carbocycles. The molecule has 2 rings (SSSR count). The number of rotatable bonds is 8. The molecule has 0 bridgehead atoms. The minimum absolute atomic E-state index is 0.406. The zero-order chi connectivity index (χ0) is 14.9. The number of aromatic nitrogens is 3. The number of ether oxygens (including phenoxy) is 1. The van der Waals surface area contributed by atoms with E-state index in [0.29, 0.717) is 18.7 Å². The van der Waals surface area contributed by atoms with Crippen molar-refractivity contribution in [3.8, 4) is 11.8 Å². The third-order valence-corrected chi connectivity index (χ3v) is 3.27. The molecule has 0 unspecified atom stereocenters. The van der Waals surface area contributed by atoms with Crippen molar-refractivity contribution in [3.05, 3.63) is 41.7 Å². The van der Waals surface area contributed by atoms with E-state index in [9.17, 15) is 0 Å². The molecule has 0 aliphatic rings. The standard InChI is InChI=1S/C16H20N4O/c1-2-3-7-11-20-16(15(13-17)18-19-20)10-12-21-14-8-5-4-6-9-14/h4-6,8-9H,2-3,7,10-12H2,1H3. The Morgan fingerprint density at radius 1 is 1.24 bits per heavy atom. The van der Waals surface area contributed by atoms with Gasteiger partial charge in [-0.3, -0.25) is 0 Å². The van der Waals surface area contributed by atoms with Crippen LogP contribution in [-0.2, 0) is 13.0 Å². The van der Waals surface area contributed by atoms with E-state index in [1.165, 1.54) is 0 Å². The van der Waals surface area contributed by atoms with Gasteiger partial charge in [0, 0.05) is 13.0 Å². The number of hydrogen-bond donors (Lipinski definition) is 0. The summed E-state index contributed by atoms with van der Waals surface area (Å²) < 4.78 is 7.52. The molecule has 0 atom stereocenters. The topological polar surface area (TPSA) is 63.7 Å². The molecule has 0 aliphatic heterocycles. The normalized spacial score (nSPS) is 10.3. The van der Waals surface area contributed by atoms with Crippen molar-refractivity contribution in [2.24, 2.45) is 0 Å². The number of nitriles is 1. The third-order valence-electron chi connectivity index (χ3n) is 3.27. The molecule has 0 saturated heterocycles. The van der Waals surface area contributed by atoms with E-state index >= 15 is 0 Å². The zero-order valence-electron chi connectivity index (χ0n) is 12.3. The van der Waals surface area contributed by atoms with Crippen molar-refractivity contribution in [1.82, 2.24) is 15.0 Å². The highest BCUT2D eigenvalue weighted by molar-refractivity contribution is 5.25. The number of nitrogens with zero attached hydrogens (tertiary/aromatic N) is 4. The highest BCUT2D eigenvalue weighted by atomic mass is 16.5. The van der Waals surface area contributed by atoms with E-state index in [1.807, 2.05) is 35.0 Å². The molecule has 0 aliphatic carbocycles. The summed E-state index contributed by atoms with van der Waals surface area (Å²) in [7, 11) is 0. The van der Waals surface area contributed by atoms with Crippen LogP contribution in [0.3, 0.4) is 0 Å². The number of hydrogen-bond acceptors (Lipinski definition) is 4. The lowest BCUT2D eigenvalue weighted by molar-refractivity contribution is 0.316. The van der Waals surface area contributed by atoms with Crippen LogP contribution < -0.4 is 4.74 Å². The van der Waals surface area contributed by atoms with Crippen molar-refractivity contribution in [2.75, 3.05) is 6.61 Å². The van der Waals surface area contributed by atoms with Gasteiger partial charge in [0.15, 0.2) is 5.69 Å². The minimum atomic E-state index is 0.406. The van der Waals surface area contributed by atoms with Crippen LogP contribution in [0.1, 0.15) is 37.6 Å². The number of benzene rings is 1. The van der Waals surface area contributed by atoms with Gasteiger partial charge in [0.05, 0.1) is 12.3 Å². The lowest BCUT2D eigenvalue weighted by atomic mass is 10.2. The summed E-state index contributed by atoms with van der Waals surface area (Å²) >= 11 is 0. The van der Waals surface area contributed by atoms with Crippen LogP contribution in [-0.4, -0.2) is 21.6 Å². The molecule has 0 radical (unpaired) electrons. The monoisotopic (exact) mass is 284 g/mol. The first-order valence-corrected chi connectivity index (χ1v) is 7.35. The zero-order valence-corrected chi connectivity index (χ0v) is 12.3. The first-order chi connectivity index (χ1) is 10.3. The molecule has 1 aromatic heterocycles. The van der Waals surface area contributed by atoms with Gasteiger partial charge in [-0.15, -0.1) is 5.10 Å². The maximum atomic E-state index is 9.11. The van der Waals surface area contributed by atoms with Crippen LogP contribution in [0, 0.1) is 11.3 Å². The molecule has 5 heteroatoms. The van der Waals surface area contributed by atoms with Crippen molar-refractivity contribution in [1.29, 1.82) is 5.26 Å². The van der Waals surface area contributed by atoms with Gasteiger partial charge in [-0.1, -0.05) is 43.2 Å². The van der Waals surface area contributed by atoms with Gasteiger partial charge < -0.3 is 4.74 Å². The molecule has 0 saturated carbocycles. The van der Waals surface area contributed by atoms with Gasteiger partial charge in [-0.25, -0.2) is 4.68 Å².